The highest BCUT2D eigenvalue weighted by Crippen LogP contribution is 2.18. The molecule has 0 aliphatic carbocycles. The van der Waals surface area contributed by atoms with Crippen molar-refractivity contribution in [2.75, 3.05) is 0 Å². The molecule has 4 nitrogen and oxygen atoms in total. The van der Waals surface area contributed by atoms with E-state index >= 15 is 0 Å². The molecule has 0 spiro atoms. The SMILES string of the molecule is O=c1[nH]c2ccccc2c2nocc12. The van der Waals surface area contributed by atoms with Crippen LogP contribution in [-0.2, 0) is 0 Å². The Morgan fingerprint density at radius 1 is 1.21 bits per heavy atom. The first kappa shape index (κ1) is 7.32. The van der Waals surface area contributed by atoms with Crippen molar-refractivity contribution < 1.29 is 4.52 Å². The summed E-state index contributed by atoms with van der Waals surface area (Å²) in [5, 5.41) is 5.20. The smallest absolute Gasteiger partial charge is 0.261 e. The van der Waals surface area contributed by atoms with Gasteiger partial charge in [0.2, 0.25) is 0 Å². The third-order valence-corrected chi connectivity index (χ3v) is 2.24. The molecule has 0 saturated carbocycles. The molecule has 1 aromatic carbocycles. The van der Waals surface area contributed by atoms with Crippen molar-refractivity contribution in [3.8, 4) is 0 Å². The van der Waals surface area contributed by atoms with Crippen molar-refractivity contribution in [1.82, 2.24) is 10.1 Å². The standard InChI is InChI=1S/C10H6N2O2/c13-10-7-5-14-12-9(7)6-3-1-2-4-8(6)11-10/h1-5H,(H,11,13). The summed E-state index contributed by atoms with van der Waals surface area (Å²) in [6.07, 6.45) is 1.36. The van der Waals surface area contributed by atoms with E-state index in [0.717, 1.165) is 10.9 Å². The van der Waals surface area contributed by atoms with Crippen LogP contribution >= 0.6 is 0 Å². The number of nitrogens with one attached hydrogen (secondary N) is 1. The van der Waals surface area contributed by atoms with Gasteiger partial charge in [-0.1, -0.05) is 23.4 Å². The van der Waals surface area contributed by atoms with Crippen molar-refractivity contribution >= 4 is 21.8 Å². The lowest BCUT2D eigenvalue weighted by molar-refractivity contribution is 0.428. The van der Waals surface area contributed by atoms with Crippen molar-refractivity contribution in [2.24, 2.45) is 0 Å². The second-order valence-corrected chi connectivity index (χ2v) is 3.08. The molecule has 3 rings (SSSR count). The monoisotopic (exact) mass is 186 g/mol. The summed E-state index contributed by atoms with van der Waals surface area (Å²) in [6.45, 7) is 0. The van der Waals surface area contributed by atoms with Crippen molar-refractivity contribution in [3.05, 3.63) is 40.9 Å². The molecule has 0 amide bonds. The normalized spacial score (nSPS) is 11.1. The molecule has 4 heteroatoms. The van der Waals surface area contributed by atoms with Crippen LogP contribution in [0.15, 0.2) is 39.8 Å². The van der Waals surface area contributed by atoms with E-state index in [2.05, 4.69) is 10.1 Å². The van der Waals surface area contributed by atoms with E-state index in [1.165, 1.54) is 6.26 Å². The van der Waals surface area contributed by atoms with Crippen LogP contribution in [0.4, 0.5) is 0 Å². The predicted molar refractivity (Wildman–Crippen MR) is 52.1 cm³/mol. The zero-order valence-corrected chi connectivity index (χ0v) is 7.15. The molecule has 14 heavy (non-hydrogen) atoms. The third-order valence-electron chi connectivity index (χ3n) is 2.24. The molecule has 0 radical (unpaired) electrons. The van der Waals surface area contributed by atoms with Crippen LogP contribution < -0.4 is 5.56 Å². The fourth-order valence-corrected chi connectivity index (χ4v) is 1.58. The van der Waals surface area contributed by atoms with Crippen molar-refractivity contribution in [2.45, 2.75) is 0 Å². The van der Waals surface area contributed by atoms with Gasteiger partial charge in [-0.3, -0.25) is 4.79 Å². The van der Waals surface area contributed by atoms with E-state index in [1.807, 2.05) is 24.3 Å². The van der Waals surface area contributed by atoms with Gasteiger partial charge in [0.1, 0.15) is 17.2 Å². The lowest BCUT2D eigenvalue weighted by atomic mass is 10.2. The Bertz CT molecular complexity index is 666. The van der Waals surface area contributed by atoms with Gasteiger partial charge in [0.05, 0.1) is 5.52 Å². The number of benzene rings is 1. The summed E-state index contributed by atoms with van der Waals surface area (Å²) in [7, 11) is 0. The van der Waals surface area contributed by atoms with Crippen LogP contribution in [-0.4, -0.2) is 10.1 Å². The minimum Gasteiger partial charge on any atom is -0.363 e. The topological polar surface area (TPSA) is 58.9 Å². The molecular formula is C10H6N2O2. The van der Waals surface area contributed by atoms with E-state index in [0.29, 0.717) is 10.9 Å². The second-order valence-electron chi connectivity index (χ2n) is 3.08. The van der Waals surface area contributed by atoms with Gasteiger partial charge in [0, 0.05) is 5.39 Å². The number of para-hydroxylation sites is 1. The molecule has 0 saturated heterocycles. The first-order valence-corrected chi connectivity index (χ1v) is 4.21. The van der Waals surface area contributed by atoms with Crippen LogP contribution in [0.1, 0.15) is 0 Å². The molecule has 0 aliphatic rings. The molecule has 0 atom stereocenters. The lowest BCUT2D eigenvalue weighted by Crippen LogP contribution is -2.04. The molecular weight excluding hydrogens is 180 g/mol. The van der Waals surface area contributed by atoms with Gasteiger partial charge in [-0.25, -0.2) is 0 Å². The minimum absolute atomic E-state index is 0.167. The number of hydrogen-bond acceptors (Lipinski definition) is 3. The van der Waals surface area contributed by atoms with E-state index < -0.39 is 0 Å². The highest BCUT2D eigenvalue weighted by molar-refractivity contribution is 6.02. The molecule has 0 aliphatic heterocycles. The Balaban J connectivity index is 2.73. The lowest BCUT2D eigenvalue weighted by Gasteiger charge is -1.95. The fourth-order valence-electron chi connectivity index (χ4n) is 1.58. The Hall–Kier alpha value is -2.10. The first-order valence-electron chi connectivity index (χ1n) is 4.21. The minimum atomic E-state index is -0.167. The Morgan fingerprint density at radius 2 is 2.07 bits per heavy atom. The van der Waals surface area contributed by atoms with Gasteiger partial charge in [-0.15, -0.1) is 0 Å². The van der Waals surface area contributed by atoms with Gasteiger partial charge in [0.25, 0.3) is 5.56 Å². The Kier molecular flexibility index (Phi) is 1.28. The number of H-pyrrole nitrogens is 1. The first-order chi connectivity index (χ1) is 6.86. The van der Waals surface area contributed by atoms with Crippen molar-refractivity contribution in [1.29, 1.82) is 0 Å². The Labute approximate surface area is 78.1 Å². The highest BCUT2D eigenvalue weighted by Gasteiger charge is 2.07. The summed E-state index contributed by atoms with van der Waals surface area (Å²) in [4.78, 5) is 14.3. The predicted octanol–water partition coefficient (Wildman–Crippen LogP) is 1.67. The molecule has 0 bridgehead atoms. The summed E-state index contributed by atoms with van der Waals surface area (Å²) in [5.74, 6) is 0. The molecule has 3 aromatic rings. The average Bonchev–Trinajstić information content (AvgIpc) is 2.67. The second kappa shape index (κ2) is 2.45. The largest absolute Gasteiger partial charge is 0.363 e. The molecule has 2 heterocycles. The zero-order chi connectivity index (χ0) is 9.54. The molecule has 1 N–H and O–H groups in total. The number of hydrogen-bond donors (Lipinski definition) is 1. The zero-order valence-electron chi connectivity index (χ0n) is 7.15. The van der Waals surface area contributed by atoms with E-state index in [4.69, 9.17) is 4.52 Å². The maximum absolute atomic E-state index is 11.5. The van der Waals surface area contributed by atoms with Gasteiger partial charge in [0.15, 0.2) is 0 Å². The number of fused-ring (bicyclic) bond motifs is 3. The highest BCUT2D eigenvalue weighted by atomic mass is 16.5. The third kappa shape index (κ3) is 0.821. The molecule has 2 aromatic heterocycles. The number of aromatic amines is 1. The van der Waals surface area contributed by atoms with E-state index in [-0.39, 0.29) is 5.56 Å². The maximum atomic E-state index is 11.5. The molecule has 0 fully saturated rings. The van der Waals surface area contributed by atoms with Crippen molar-refractivity contribution in [3.63, 3.8) is 0 Å². The van der Waals surface area contributed by atoms with E-state index in [9.17, 15) is 4.79 Å². The van der Waals surface area contributed by atoms with Crippen LogP contribution in [0.2, 0.25) is 0 Å². The average molecular weight is 186 g/mol. The number of nitrogens with zero attached hydrogens (tertiary/aromatic N) is 1. The summed E-state index contributed by atoms with van der Waals surface area (Å²) >= 11 is 0. The van der Waals surface area contributed by atoms with E-state index in [1.54, 1.807) is 0 Å². The van der Waals surface area contributed by atoms with Crippen LogP contribution in [0.5, 0.6) is 0 Å². The Morgan fingerprint density at radius 3 is 3.00 bits per heavy atom. The van der Waals surface area contributed by atoms with Gasteiger partial charge in [-0.2, -0.15) is 0 Å². The quantitative estimate of drug-likeness (QED) is 0.581. The number of rotatable bonds is 0. The van der Waals surface area contributed by atoms with Crippen LogP contribution in [0.25, 0.3) is 21.8 Å². The number of pyridine rings is 1. The fraction of sp³-hybridized carbons (Fsp3) is 0. The molecule has 0 unspecified atom stereocenters. The summed E-state index contributed by atoms with van der Waals surface area (Å²) in [6, 6.07) is 7.50. The maximum Gasteiger partial charge on any atom is 0.261 e. The van der Waals surface area contributed by atoms with Gasteiger partial charge >= 0.3 is 0 Å². The molecule has 68 valence electrons. The number of aromatic nitrogens is 2. The van der Waals surface area contributed by atoms with Crippen LogP contribution in [0.3, 0.4) is 0 Å². The van der Waals surface area contributed by atoms with Crippen LogP contribution in [0, 0.1) is 0 Å². The summed E-state index contributed by atoms with van der Waals surface area (Å²) in [5.41, 5.74) is 1.23. The van der Waals surface area contributed by atoms with Gasteiger partial charge in [-0.05, 0) is 6.07 Å². The summed E-state index contributed by atoms with van der Waals surface area (Å²) < 4.78 is 4.78. The van der Waals surface area contributed by atoms with Gasteiger partial charge < -0.3 is 9.51 Å².